The van der Waals surface area contributed by atoms with Crippen LogP contribution in [0.4, 0.5) is 5.69 Å². The number of benzene rings is 2. The number of hydrogen-bond acceptors (Lipinski definition) is 6. The fourth-order valence-corrected chi connectivity index (χ4v) is 4.42. The van der Waals surface area contributed by atoms with Crippen LogP contribution >= 0.6 is 11.3 Å². The average Bonchev–Trinajstić information content (AvgIpc) is 3.28. The Balaban J connectivity index is 1.56. The molecule has 1 aliphatic rings. The fraction of sp³-hybridized carbons (Fsp3) is 0.320. The normalized spacial score (nSPS) is 12.9. The first kappa shape index (κ1) is 22.0. The van der Waals surface area contributed by atoms with Crippen molar-refractivity contribution in [2.45, 2.75) is 39.7 Å². The third kappa shape index (κ3) is 4.83. The van der Waals surface area contributed by atoms with Gasteiger partial charge in [0.05, 0.1) is 35.1 Å². The first-order valence-corrected chi connectivity index (χ1v) is 11.7. The number of rotatable bonds is 8. The molecule has 2 aromatic carbocycles. The minimum Gasteiger partial charge on any atom is -0.482 e. The van der Waals surface area contributed by atoms with E-state index in [1.807, 2.05) is 37.3 Å². The van der Waals surface area contributed by atoms with Gasteiger partial charge in [0.15, 0.2) is 6.61 Å². The topological polar surface area (TPSA) is 68.7 Å². The Hall–Kier alpha value is -3.19. The highest BCUT2D eigenvalue weighted by Crippen LogP contribution is 2.37. The summed E-state index contributed by atoms with van der Waals surface area (Å²) in [5, 5.41) is 3.17. The molecule has 6 nitrogen and oxygen atoms in total. The molecule has 0 saturated heterocycles. The van der Waals surface area contributed by atoms with E-state index in [0.29, 0.717) is 24.5 Å². The molecular formula is C25H26N2O4S. The van der Waals surface area contributed by atoms with Gasteiger partial charge in [-0.1, -0.05) is 26.0 Å². The Morgan fingerprint density at radius 1 is 1.16 bits per heavy atom. The maximum Gasteiger partial charge on any atom is 0.338 e. The van der Waals surface area contributed by atoms with E-state index in [0.717, 1.165) is 46.8 Å². The van der Waals surface area contributed by atoms with Gasteiger partial charge in [0.25, 0.3) is 5.91 Å². The SMILES string of the molecule is CCCOC(=O)c1ccc(CN2C(=O)COc3ccc(-c4csc(CCC)n4)cc32)cc1. The molecule has 0 fully saturated rings. The van der Waals surface area contributed by atoms with Crippen LogP contribution in [0.2, 0.25) is 0 Å². The monoisotopic (exact) mass is 450 g/mol. The Labute approximate surface area is 191 Å². The lowest BCUT2D eigenvalue weighted by molar-refractivity contribution is -0.121. The third-order valence-electron chi connectivity index (χ3n) is 5.18. The summed E-state index contributed by atoms with van der Waals surface area (Å²) in [6, 6.07) is 13.0. The Kier molecular flexibility index (Phi) is 6.85. The van der Waals surface area contributed by atoms with Gasteiger partial charge < -0.3 is 14.4 Å². The molecule has 32 heavy (non-hydrogen) atoms. The molecular weight excluding hydrogens is 424 g/mol. The van der Waals surface area contributed by atoms with Crippen LogP contribution in [0.3, 0.4) is 0 Å². The number of nitrogens with zero attached hydrogens (tertiary/aromatic N) is 2. The van der Waals surface area contributed by atoms with Crippen LogP contribution in [0.1, 0.15) is 47.6 Å². The second-order valence-corrected chi connectivity index (χ2v) is 8.60. The van der Waals surface area contributed by atoms with Crippen molar-refractivity contribution in [3.8, 4) is 17.0 Å². The molecule has 0 aliphatic carbocycles. The summed E-state index contributed by atoms with van der Waals surface area (Å²) in [6.45, 7) is 4.89. The number of aryl methyl sites for hydroxylation is 1. The summed E-state index contributed by atoms with van der Waals surface area (Å²) in [5.41, 5.74) is 4.02. The lowest BCUT2D eigenvalue weighted by Gasteiger charge is -2.30. The third-order valence-corrected chi connectivity index (χ3v) is 6.09. The Morgan fingerprint density at radius 3 is 2.72 bits per heavy atom. The Morgan fingerprint density at radius 2 is 1.97 bits per heavy atom. The minimum atomic E-state index is -0.332. The number of thiazole rings is 1. The molecule has 0 atom stereocenters. The first-order chi connectivity index (χ1) is 15.6. The van der Waals surface area contributed by atoms with Crippen molar-refractivity contribution in [1.29, 1.82) is 0 Å². The summed E-state index contributed by atoms with van der Waals surface area (Å²) in [7, 11) is 0. The van der Waals surface area contributed by atoms with Gasteiger partial charge in [0.1, 0.15) is 5.75 Å². The zero-order chi connectivity index (χ0) is 22.5. The van der Waals surface area contributed by atoms with Crippen LogP contribution in [-0.2, 0) is 22.5 Å². The lowest BCUT2D eigenvalue weighted by Crippen LogP contribution is -2.38. The van der Waals surface area contributed by atoms with Crippen LogP contribution < -0.4 is 9.64 Å². The number of ether oxygens (including phenoxy) is 2. The molecule has 3 aromatic rings. The van der Waals surface area contributed by atoms with E-state index in [-0.39, 0.29) is 18.5 Å². The lowest BCUT2D eigenvalue weighted by atomic mass is 10.1. The number of carbonyl (C=O) groups is 2. The highest BCUT2D eigenvalue weighted by molar-refractivity contribution is 7.09. The van der Waals surface area contributed by atoms with E-state index >= 15 is 0 Å². The zero-order valence-corrected chi connectivity index (χ0v) is 19.1. The molecule has 166 valence electrons. The van der Waals surface area contributed by atoms with Crippen molar-refractivity contribution >= 4 is 28.9 Å². The molecule has 0 N–H and O–H groups in total. The maximum atomic E-state index is 12.7. The van der Waals surface area contributed by atoms with Crippen LogP contribution in [0.25, 0.3) is 11.3 Å². The van der Waals surface area contributed by atoms with Gasteiger partial charge in [-0.25, -0.2) is 9.78 Å². The van der Waals surface area contributed by atoms with Crippen LogP contribution in [0.5, 0.6) is 5.75 Å². The number of anilines is 1. The fourth-order valence-electron chi connectivity index (χ4n) is 3.51. The van der Waals surface area contributed by atoms with Gasteiger partial charge in [0, 0.05) is 10.9 Å². The van der Waals surface area contributed by atoms with Crippen molar-refractivity contribution in [3.63, 3.8) is 0 Å². The summed E-state index contributed by atoms with van der Waals surface area (Å²) in [4.78, 5) is 31.2. The van der Waals surface area contributed by atoms with Crippen molar-refractivity contribution in [3.05, 3.63) is 64.0 Å². The number of esters is 1. The van der Waals surface area contributed by atoms with Crippen LogP contribution in [0, 0.1) is 0 Å². The highest BCUT2D eigenvalue weighted by atomic mass is 32.1. The van der Waals surface area contributed by atoms with Gasteiger partial charge in [-0.2, -0.15) is 0 Å². The van der Waals surface area contributed by atoms with E-state index < -0.39 is 0 Å². The van der Waals surface area contributed by atoms with Crippen molar-refractivity contribution < 1.29 is 19.1 Å². The van der Waals surface area contributed by atoms with Gasteiger partial charge in [-0.05, 0) is 55.2 Å². The first-order valence-electron chi connectivity index (χ1n) is 10.9. The zero-order valence-electron chi connectivity index (χ0n) is 18.3. The average molecular weight is 451 g/mol. The van der Waals surface area contributed by atoms with Crippen molar-refractivity contribution in [2.24, 2.45) is 0 Å². The molecule has 1 amide bonds. The molecule has 1 aromatic heterocycles. The van der Waals surface area contributed by atoms with E-state index in [4.69, 9.17) is 14.5 Å². The minimum absolute atomic E-state index is 0.00508. The molecule has 0 bridgehead atoms. The van der Waals surface area contributed by atoms with Crippen LogP contribution in [-0.4, -0.2) is 30.1 Å². The second kappa shape index (κ2) is 9.96. The quantitative estimate of drug-likeness (QED) is 0.438. The van der Waals surface area contributed by atoms with Gasteiger partial charge in [0.2, 0.25) is 0 Å². The number of hydrogen-bond donors (Lipinski definition) is 0. The number of amides is 1. The summed E-state index contributed by atoms with van der Waals surface area (Å²) in [5.74, 6) is 0.240. The standard InChI is InChI=1S/C25H26N2O4S/c1-3-5-23-26-20(16-32-23)19-10-11-22-21(13-19)27(24(28)15-31-22)14-17-6-8-18(9-7-17)25(29)30-12-4-2/h6-11,13,16H,3-5,12,14-15H2,1-2H3. The predicted octanol–water partition coefficient (Wildman–Crippen LogP) is 5.26. The molecule has 7 heteroatoms. The highest BCUT2D eigenvalue weighted by Gasteiger charge is 2.26. The molecule has 0 radical (unpaired) electrons. The Bertz CT molecular complexity index is 1110. The van der Waals surface area contributed by atoms with Crippen molar-refractivity contribution in [1.82, 2.24) is 4.98 Å². The molecule has 0 spiro atoms. The molecule has 1 aliphatic heterocycles. The molecule has 0 unspecified atom stereocenters. The predicted molar refractivity (Wildman–Crippen MR) is 125 cm³/mol. The van der Waals surface area contributed by atoms with Crippen LogP contribution in [0.15, 0.2) is 47.8 Å². The summed E-state index contributed by atoms with van der Waals surface area (Å²) < 4.78 is 10.8. The number of carbonyl (C=O) groups excluding carboxylic acids is 2. The second-order valence-electron chi connectivity index (χ2n) is 7.66. The summed E-state index contributed by atoms with van der Waals surface area (Å²) in [6.07, 6.45) is 2.80. The van der Waals surface area contributed by atoms with E-state index in [9.17, 15) is 9.59 Å². The van der Waals surface area contributed by atoms with E-state index in [2.05, 4.69) is 12.3 Å². The molecule has 2 heterocycles. The number of fused-ring (bicyclic) bond motifs is 1. The van der Waals surface area contributed by atoms with Gasteiger partial charge in [-0.3, -0.25) is 4.79 Å². The molecule has 0 saturated carbocycles. The maximum absolute atomic E-state index is 12.7. The molecule has 4 rings (SSSR count). The smallest absolute Gasteiger partial charge is 0.338 e. The van der Waals surface area contributed by atoms with Crippen molar-refractivity contribution in [2.75, 3.05) is 18.1 Å². The van der Waals surface area contributed by atoms with Gasteiger partial charge >= 0.3 is 5.97 Å². The van der Waals surface area contributed by atoms with E-state index in [1.54, 1.807) is 28.4 Å². The number of aromatic nitrogens is 1. The van der Waals surface area contributed by atoms with E-state index in [1.165, 1.54) is 0 Å². The van der Waals surface area contributed by atoms with Gasteiger partial charge in [-0.15, -0.1) is 11.3 Å². The largest absolute Gasteiger partial charge is 0.482 e. The summed E-state index contributed by atoms with van der Waals surface area (Å²) >= 11 is 1.66.